The lowest BCUT2D eigenvalue weighted by atomic mass is 9.91. The van der Waals surface area contributed by atoms with E-state index in [2.05, 4.69) is 10.2 Å². The first kappa shape index (κ1) is 18.4. The zero-order valence-corrected chi connectivity index (χ0v) is 15.5. The Labute approximate surface area is 153 Å². The number of nitrogens with zero attached hydrogens (tertiary/aromatic N) is 3. The Morgan fingerprint density at radius 3 is 2.69 bits per heavy atom. The largest absolute Gasteiger partial charge is 0.350 e. The van der Waals surface area contributed by atoms with E-state index in [1.807, 2.05) is 0 Å². The molecule has 4 fully saturated rings. The van der Waals surface area contributed by atoms with Gasteiger partial charge in [0.15, 0.2) is 5.72 Å². The average molecular weight is 389 g/mol. The summed E-state index contributed by atoms with van der Waals surface area (Å²) in [6, 6.07) is -0.769. The van der Waals surface area contributed by atoms with Crippen molar-refractivity contribution in [3.05, 3.63) is 0 Å². The van der Waals surface area contributed by atoms with Gasteiger partial charge in [0, 0.05) is 32.2 Å². The molecule has 4 aliphatic heterocycles. The van der Waals surface area contributed by atoms with Crippen LogP contribution in [-0.2, 0) is 15.0 Å². The van der Waals surface area contributed by atoms with Gasteiger partial charge in [0.1, 0.15) is 0 Å². The van der Waals surface area contributed by atoms with E-state index in [4.69, 9.17) is 10.5 Å². The topological polar surface area (TPSA) is 132 Å². The number of likely N-dealkylation sites (tertiary alicyclic amines) is 2. The van der Waals surface area contributed by atoms with Crippen molar-refractivity contribution in [2.75, 3.05) is 39.3 Å². The number of nitrogens with one attached hydrogen (secondary N) is 1. The number of epoxide rings is 1. The monoisotopic (exact) mass is 389 g/mol. The predicted molar refractivity (Wildman–Crippen MR) is 92.6 cm³/mol. The molecule has 4 heterocycles. The molecule has 26 heavy (non-hydrogen) atoms. The van der Waals surface area contributed by atoms with E-state index in [1.165, 1.54) is 0 Å². The van der Waals surface area contributed by atoms with E-state index in [0.29, 0.717) is 19.5 Å². The maximum Gasteiger partial charge on any atom is 0.338 e. The number of nitrogens with two attached hydrogens (primary N) is 1. The van der Waals surface area contributed by atoms with Crippen molar-refractivity contribution in [3.8, 4) is 0 Å². The van der Waals surface area contributed by atoms with E-state index in [1.54, 1.807) is 4.90 Å². The number of ether oxygens (including phenoxy) is 1. The highest BCUT2D eigenvalue weighted by molar-refractivity contribution is 7.83. The summed E-state index contributed by atoms with van der Waals surface area (Å²) < 4.78 is 39.0. The van der Waals surface area contributed by atoms with Crippen LogP contribution in [0.5, 0.6) is 0 Å². The molecule has 1 spiro atoms. The Morgan fingerprint density at radius 2 is 2.04 bits per heavy atom. The van der Waals surface area contributed by atoms with Crippen LogP contribution in [0.1, 0.15) is 25.7 Å². The second kappa shape index (κ2) is 6.57. The summed E-state index contributed by atoms with van der Waals surface area (Å²) in [6.07, 6.45) is 3.33. The highest BCUT2D eigenvalue weighted by atomic mass is 32.2. The van der Waals surface area contributed by atoms with Crippen molar-refractivity contribution < 1.29 is 22.5 Å². The molecule has 0 saturated carbocycles. The summed E-state index contributed by atoms with van der Waals surface area (Å²) in [6.45, 7) is 4.11. The standard InChI is InChI=1S/C15H27N5O5S/c16-5-9-18-6-1-2-11(3-7-18)17-14(21)19-8-4-12-13(19)15(10-25-15)20(12)26(22,23)24/h11-13H,1-10,16H2,(H,17,21)(H,22,23,24)/t11-,12+,13-,15?/m0/s1. The Balaban J connectivity index is 1.37. The van der Waals surface area contributed by atoms with E-state index in [-0.39, 0.29) is 24.7 Å². The molecule has 4 atom stereocenters. The van der Waals surface area contributed by atoms with Gasteiger partial charge in [-0.25, -0.2) is 4.79 Å². The van der Waals surface area contributed by atoms with Crippen LogP contribution < -0.4 is 11.1 Å². The maximum atomic E-state index is 12.8. The first-order valence-electron chi connectivity index (χ1n) is 9.27. The number of carbonyl (C=O) groups excluding carboxylic acids is 1. The minimum Gasteiger partial charge on any atom is -0.350 e. The van der Waals surface area contributed by atoms with Gasteiger partial charge < -0.3 is 25.6 Å². The number of carbonyl (C=O) groups is 1. The molecule has 1 unspecified atom stereocenters. The molecule has 0 aromatic rings. The fraction of sp³-hybridized carbons (Fsp3) is 0.933. The van der Waals surface area contributed by atoms with Crippen molar-refractivity contribution >= 4 is 16.3 Å². The number of hydrogen-bond acceptors (Lipinski definition) is 6. The third-order valence-corrected chi connectivity index (χ3v) is 7.12. The molecule has 11 heteroatoms. The number of rotatable bonds is 4. The summed E-state index contributed by atoms with van der Waals surface area (Å²) in [5.41, 5.74) is 4.57. The second-order valence-electron chi connectivity index (χ2n) is 7.61. The molecule has 10 nitrogen and oxygen atoms in total. The minimum atomic E-state index is -4.32. The Hall–Kier alpha value is -0.980. The van der Waals surface area contributed by atoms with Crippen molar-refractivity contribution in [2.24, 2.45) is 5.73 Å². The van der Waals surface area contributed by atoms with E-state index < -0.39 is 22.1 Å². The van der Waals surface area contributed by atoms with Crippen molar-refractivity contribution in [1.82, 2.24) is 19.4 Å². The van der Waals surface area contributed by atoms with Gasteiger partial charge in [-0.1, -0.05) is 0 Å². The van der Waals surface area contributed by atoms with Crippen molar-refractivity contribution in [1.29, 1.82) is 0 Å². The van der Waals surface area contributed by atoms with E-state index >= 15 is 0 Å². The normalized spacial score (nSPS) is 37.9. The van der Waals surface area contributed by atoms with Crippen LogP contribution >= 0.6 is 0 Å². The third-order valence-electron chi connectivity index (χ3n) is 6.05. The van der Waals surface area contributed by atoms with Crippen LogP contribution in [0.3, 0.4) is 0 Å². The number of hydrogen-bond donors (Lipinski definition) is 3. The first-order chi connectivity index (χ1) is 12.4. The highest BCUT2D eigenvalue weighted by Gasteiger charge is 2.77. The summed E-state index contributed by atoms with van der Waals surface area (Å²) in [5, 5.41) is 3.11. The van der Waals surface area contributed by atoms with Gasteiger partial charge >= 0.3 is 16.3 Å². The zero-order valence-electron chi connectivity index (χ0n) is 14.7. The second-order valence-corrected chi connectivity index (χ2v) is 8.90. The van der Waals surface area contributed by atoms with Crippen molar-refractivity contribution in [2.45, 2.75) is 49.5 Å². The quantitative estimate of drug-likeness (QED) is 0.406. The Kier molecular flexibility index (Phi) is 4.65. The van der Waals surface area contributed by atoms with E-state index in [9.17, 15) is 17.8 Å². The molecule has 148 valence electrons. The zero-order chi connectivity index (χ0) is 18.5. The SMILES string of the molecule is NCCN1CCC[C@H](NC(=O)N2CC[C@@H]3[C@H]2C2(CO2)N3S(=O)(=O)O)CC1. The average Bonchev–Trinajstić information content (AvgIpc) is 3.31. The van der Waals surface area contributed by atoms with Crippen molar-refractivity contribution in [3.63, 3.8) is 0 Å². The maximum absolute atomic E-state index is 12.8. The Bertz CT molecular complexity index is 669. The van der Waals surface area contributed by atoms with Crippen LogP contribution in [0.4, 0.5) is 4.79 Å². The molecule has 0 bridgehead atoms. The molecule has 4 aliphatic rings. The molecule has 2 amide bonds. The molecule has 4 saturated heterocycles. The lowest BCUT2D eigenvalue weighted by molar-refractivity contribution is -0.0544. The molecule has 4 rings (SSSR count). The molecule has 0 aromatic carbocycles. The summed E-state index contributed by atoms with van der Waals surface area (Å²) in [7, 11) is -4.32. The van der Waals surface area contributed by atoms with Crippen LogP contribution in [0, 0.1) is 0 Å². The lowest BCUT2D eigenvalue weighted by Crippen LogP contribution is -2.74. The molecular formula is C15H27N5O5S. The molecule has 0 aliphatic carbocycles. The fourth-order valence-corrected chi connectivity index (χ4v) is 5.99. The summed E-state index contributed by atoms with van der Waals surface area (Å²) in [5.74, 6) is 0. The Morgan fingerprint density at radius 1 is 1.27 bits per heavy atom. The minimum absolute atomic E-state index is 0.109. The van der Waals surface area contributed by atoms with Gasteiger partial charge in [0.05, 0.1) is 18.7 Å². The first-order valence-corrected chi connectivity index (χ1v) is 10.7. The molecule has 4 N–H and O–H groups in total. The summed E-state index contributed by atoms with van der Waals surface area (Å²) >= 11 is 0. The smallest absolute Gasteiger partial charge is 0.338 e. The lowest BCUT2D eigenvalue weighted by Gasteiger charge is -2.49. The van der Waals surface area contributed by atoms with Crippen LogP contribution in [0.2, 0.25) is 0 Å². The number of amides is 2. The predicted octanol–water partition coefficient (Wildman–Crippen LogP) is -1.20. The molecule has 0 aromatic heterocycles. The van der Waals surface area contributed by atoms with Gasteiger partial charge in [-0.3, -0.25) is 4.55 Å². The van der Waals surface area contributed by atoms with Gasteiger partial charge in [0.25, 0.3) is 0 Å². The third kappa shape index (κ3) is 3.00. The molecular weight excluding hydrogens is 362 g/mol. The van der Waals surface area contributed by atoms with Crippen LogP contribution in [0.25, 0.3) is 0 Å². The number of fused-ring (bicyclic) bond motifs is 2. The fourth-order valence-electron chi connectivity index (χ4n) is 4.82. The van der Waals surface area contributed by atoms with Gasteiger partial charge in [-0.2, -0.15) is 8.42 Å². The number of urea groups is 1. The van der Waals surface area contributed by atoms with E-state index in [0.717, 1.165) is 43.2 Å². The van der Waals surface area contributed by atoms with Crippen LogP contribution in [0.15, 0.2) is 0 Å². The summed E-state index contributed by atoms with van der Waals surface area (Å²) in [4.78, 5) is 16.8. The van der Waals surface area contributed by atoms with Crippen LogP contribution in [-0.4, -0.2) is 96.3 Å². The van der Waals surface area contributed by atoms with Gasteiger partial charge in [0.2, 0.25) is 0 Å². The highest BCUT2D eigenvalue weighted by Crippen LogP contribution is 2.55. The van der Waals surface area contributed by atoms with Gasteiger partial charge in [-0.05, 0) is 32.2 Å². The molecule has 0 radical (unpaired) electrons. The van der Waals surface area contributed by atoms with Gasteiger partial charge in [-0.15, -0.1) is 4.31 Å².